The minimum absolute atomic E-state index is 0.0663. The number of aromatic nitrogens is 2. The van der Waals surface area contributed by atoms with Gasteiger partial charge in [0.25, 0.3) is 0 Å². The molecule has 5 rings (SSSR count). The van der Waals surface area contributed by atoms with Gasteiger partial charge in [-0.15, -0.1) is 0 Å². The van der Waals surface area contributed by atoms with Crippen LogP contribution in [0, 0.1) is 17.8 Å². The predicted octanol–water partition coefficient (Wildman–Crippen LogP) is -0.333. The molecule has 176 valence electrons. The first kappa shape index (κ1) is 22.0. The highest BCUT2D eigenvalue weighted by Gasteiger charge is 2.57. The van der Waals surface area contributed by atoms with Gasteiger partial charge < -0.3 is 21.1 Å². The van der Waals surface area contributed by atoms with Crippen LogP contribution in [0.5, 0.6) is 0 Å². The summed E-state index contributed by atoms with van der Waals surface area (Å²) in [5.74, 6) is 1.95. The van der Waals surface area contributed by atoms with E-state index in [2.05, 4.69) is 20.5 Å². The van der Waals surface area contributed by atoms with Gasteiger partial charge in [-0.2, -0.15) is 4.98 Å². The van der Waals surface area contributed by atoms with Gasteiger partial charge in [0.1, 0.15) is 5.82 Å². The van der Waals surface area contributed by atoms with E-state index in [0.29, 0.717) is 30.8 Å². The minimum Gasteiger partial charge on any atom is -0.395 e. The SMILES string of the molecule is NC(CO)C1C2CN(Cc3ccc(-n4ccc(NC(=O)N5CCNCC5)nc4=O)cc3)CC21. The van der Waals surface area contributed by atoms with Gasteiger partial charge in [0.15, 0.2) is 0 Å². The van der Waals surface area contributed by atoms with Crippen LogP contribution in [0.2, 0.25) is 0 Å². The second-order valence-corrected chi connectivity index (χ2v) is 9.24. The number of piperazine rings is 1. The number of aliphatic hydroxyl groups is 1. The van der Waals surface area contributed by atoms with Crippen LogP contribution in [0.4, 0.5) is 10.6 Å². The largest absolute Gasteiger partial charge is 0.395 e. The van der Waals surface area contributed by atoms with Crippen LogP contribution in [0.25, 0.3) is 5.69 Å². The number of hydrogen-bond acceptors (Lipinski definition) is 7. The summed E-state index contributed by atoms with van der Waals surface area (Å²) in [6.45, 7) is 5.75. The number of anilines is 1. The number of urea groups is 1. The molecule has 0 bridgehead atoms. The Bertz CT molecular complexity index is 1040. The third-order valence-corrected chi connectivity index (χ3v) is 7.10. The molecular formula is C23H31N7O3. The van der Waals surface area contributed by atoms with Crippen molar-refractivity contribution in [1.29, 1.82) is 0 Å². The number of nitrogens with two attached hydrogens (primary N) is 1. The lowest BCUT2D eigenvalue weighted by Gasteiger charge is -2.27. The highest BCUT2D eigenvalue weighted by atomic mass is 16.3. The molecule has 3 aliphatic rings. The standard InChI is InChI=1S/C23H31N7O3/c24-19(14-31)21-17-12-28(13-18(17)21)11-15-1-3-16(4-2-15)30-8-5-20(27-23(30)33)26-22(32)29-9-6-25-7-10-29/h1-5,8,17-19,21,25,31H,6-7,9-14,24H2,(H,26,27,32,33). The Morgan fingerprint density at radius 1 is 1.18 bits per heavy atom. The first-order chi connectivity index (χ1) is 16.0. The number of nitrogens with one attached hydrogen (secondary N) is 2. The number of likely N-dealkylation sites (tertiary alicyclic amines) is 1. The summed E-state index contributed by atoms with van der Waals surface area (Å²) in [5.41, 5.74) is 7.47. The van der Waals surface area contributed by atoms with Crippen LogP contribution in [0.15, 0.2) is 41.3 Å². The highest BCUT2D eigenvalue weighted by molar-refractivity contribution is 5.88. The number of aliphatic hydroxyl groups excluding tert-OH is 1. The Morgan fingerprint density at radius 2 is 1.88 bits per heavy atom. The van der Waals surface area contributed by atoms with E-state index in [-0.39, 0.29) is 24.5 Å². The molecule has 2 aromatic rings. The molecule has 1 aromatic carbocycles. The number of piperidine rings is 1. The molecule has 0 spiro atoms. The van der Waals surface area contributed by atoms with Crippen LogP contribution < -0.4 is 22.1 Å². The molecule has 1 saturated carbocycles. The van der Waals surface area contributed by atoms with E-state index in [4.69, 9.17) is 5.73 Å². The molecule has 5 N–H and O–H groups in total. The summed E-state index contributed by atoms with van der Waals surface area (Å²) in [6.07, 6.45) is 1.64. The molecule has 3 fully saturated rings. The van der Waals surface area contributed by atoms with Gasteiger partial charge in [-0.25, -0.2) is 9.59 Å². The molecule has 3 unspecified atom stereocenters. The molecule has 2 amide bonds. The third kappa shape index (κ3) is 4.65. The molecule has 33 heavy (non-hydrogen) atoms. The highest BCUT2D eigenvalue weighted by Crippen LogP contribution is 2.53. The average Bonchev–Trinajstić information content (AvgIpc) is 3.34. The van der Waals surface area contributed by atoms with Crippen molar-refractivity contribution in [3.05, 3.63) is 52.6 Å². The topological polar surface area (TPSA) is 129 Å². The van der Waals surface area contributed by atoms with Crippen molar-refractivity contribution in [2.45, 2.75) is 12.6 Å². The smallest absolute Gasteiger partial charge is 0.354 e. The Kier molecular flexibility index (Phi) is 6.15. The molecule has 1 aliphatic carbocycles. The fourth-order valence-electron chi connectivity index (χ4n) is 5.29. The van der Waals surface area contributed by atoms with E-state index in [1.165, 1.54) is 10.1 Å². The van der Waals surface area contributed by atoms with E-state index in [1.54, 1.807) is 17.2 Å². The summed E-state index contributed by atoms with van der Waals surface area (Å²) in [4.78, 5) is 33.0. The van der Waals surface area contributed by atoms with E-state index < -0.39 is 5.69 Å². The summed E-state index contributed by atoms with van der Waals surface area (Å²) >= 11 is 0. The van der Waals surface area contributed by atoms with Crippen molar-refractivity contribution in [2.24, 2.45) is 23.5 Å². The first-order valence-electron chi connectivity index (χ1n) is 11.6. The second kappa shape index (κ2) is 9.22. The molecule has 2 saturated heterocycles. The first-order valence-corrected chi connectivity index (χ1v) is 11.6. The van der Waals surface area contributed by atoms with Gasteiger partial charge in [0, 0.05) is 58.1 Å². The number of carbonyl (C=O) groups is 1. The summed E-state index contributed by atoms with van der Waals surface area (Å²) in [6, 6.07) is 9.20. The molecule has 10 nitrogen and oxygen atoms in total. The van der Waals surface area contributed by atoms with Crippen LogP contribution in [0.3, 0.4) is 0 Å². The van der Waals surface area contributed by atoms with Gasteiger partial charge in [0.2, 0.25) is 0 Å². The fraction of sp³-hybridized carbons (Fsp3) is 0.522. The number of fused-ring (bicyclic) bond motifs is 1. The summed E-state index contributed by atoms with van der Waals surface area (Å²) < 4.78 is 1.47. The quantitative estimate of drug-likeness (QED) is 0.471. The zero-order valence-corrected chi connectivity index (χ0v) is 18.6. The Hall–Kier alpha value is -2.79. The molecule has 0 radical (unpaired) electrons. The maximum Gasteiger partial charge on any atom is 0.354 e. The Morgan fingerprint density at radius 3 is 2.52 bits per heavy atom. The van der Waals surface area contributed by atoms with Gasteiger partial charge in [0.05, 0.1) is 12.3 Å². The molecule has 10 heteroatoms. The van der Waals surface area contributed by atoms with Crippen LogP contribution in [-0.2, 0) is 6.54 Å². The van der Waals surface area contributed by atoms with Gasteiger partial charge in [-0.05, 0) is 41.5 Å². The fourth-order valence-corrected chi connectivity index (χ4v) is 5.29. The molecule has 3 heterocycles. The van der Waals surface area contributed by atoms with Crippen molar-refractivity contribution in [3.8, 4) is 5.69 Å². The lowest BCUT2D eigenvalue weighted by atomic mass is 10.1. The van der Waals surface area contributed by atoms with E-state index in [1.807, 2.05) is 24.3 Å². The maximum atomic E-state index is 12.6. The number of carbonyl (C=O) groups excluding carboxylic acids is 1. The lowest BCUT2D eigenvalue weighted by Crippen LogP contribution is -2.48. The van der Waals surface area contributed by atoms with Crippen molar-refractivity contribution in [3.63, 3.8) is 0 Å². The van der Waals surface area contributed by atoms with Gasteiger partial charge >= 0.3 is 11.7 Å². The lowest BCUT2D eigenvalue weighted by molar-refractivity contribution is 0.204. The average molecular weight is 454 g/mol. The van der Waals surface area contributed by atoms with Crippen molar-refractivity contribution in [2.75, 3.05) is 51.2 Å². The summed E-state index contributed by atoms with van der Waals surface area (Å²) in [7, 11) is 0. The molecular weight excluding hydrogens is 422 g/mol. The van der Waals surface area contributed by atoms with Crippen molar-refractivity contribution < 1.29 is 9.90 Å². The van der Waals surface area contributed by atoms with E-state index >= 15 is 0 Å². The van der Waals surface area contributed by atoms with Crippen molar-refractivity contribution in [1.82, 2.24) is 24.7 Å². The van der Waals surface area contributed by atoms with Gasteiger partial charge in [-0.1, -0.05) is 12.1 Å². The van der Waals surface area contributed by atoms with E-state index in [9.17, 15) is 14.7 Å². The number of benzene rings is 1. The molecule has 3 atom stereocenters. The summed E-state index contributed by atoms with van der Waals surface area (Å²) in [5, 5.41) is 15.2. The molecule has 2 aliphatic heterocycles. The monoisotopic (exact) mass is 453 g/mol. The Balaban J connectivity index is 1.17. The van der Waals surface area contributed by atoms with Crippen LogP contribution >= 0.6 is 0 Å². The number of rotatable bonds is 6. The van der Waals surface area contributed by atoms with Crippen LogP contribution in [-0.4, -0.2) is 82.4 Å². The number of hydrogen-bond donors (Lipinski definition) is 4. The van der Waals surface area contributed by atoms with Gasteiger partial charge in [-0.3, -0.25) is 14.8 Å². The third-order valence-electron chi connectivity index (χ3n) is 7.10. The normalized spacial score (nSPS) is 25.5. The number of nitrogens with zero attached hydrogens (tertiary/aromatic N) is 4. The maximum absolute atomic E-state index is 12.6. The molecule has 1 aromatic heterocycles. The van der Waals surface area contributed by atoms with Crippen molar-refractivity contribution >= 4 is 11.8 Å². The second-order valence-electron chi connectivity index (χ2n) is 9.24. The van der Waals surface area contributed by atoms with Crippen LogP contribution in [0.1, 0.15) is 5.56 Å². The zero-order chi connectivity index (χ0) is 22.9. The predicted molar refractivity (Wildman–Crippen MR) is 124 cm³/mol. The zero-order valence-electron chi connectivity index (χ0n) is 18.6. The number of amides is 2. The Labute approximate surface area is 192 Å². The minimum atomic E-state index is -0.438. The van der Waals surface area contributed by atoms with E-state index in [0.717, 1.165) is 38.4 Å².